The van der Waals surface area contributed by atoms with Gasteiger partial charge in [-0.15, -0.1) is 0 Å². The molecule has 3 nitrogen and oxygen atoms in total. The molecule has 0 amide bonds. The number of nitrogens with one attached hydrogen (secondary N) is 1. The van der Waals surface area contributed by atoms with Gasteiger partial charge in [0.2, 0.25) is 0 Å². The fourth-order valence-electron chi connectivity index (χ4n) is 2.44. The summed E-state index contributed by atoms with van der Waals surface area (Å²) in [5.41, 5.74) is 2.59. The molecule has 94 valence electrons. The van der Waals surface area contributed by atoms with Crippen LogP contribution in [0.15, 0.2) is 24.3 Å². The van der Waals surface area contributed by atoms with E-state index < -0.39 is 0 Å². The Bertz CT molecular complexity index is 350. The SMILES string of the molecule is CNCc1ccccc1N(CCO)C1CCC1. The number of anilines is 1. The number of nitrogens with zero attached hydrogens (tertiary/aromatic N) is 1. The first kappa shape index (κ1) is 12.4. The summed E-state index contributed by atoms with van der Waals surface area (Å²) in [4.78, 5) is 2.37. The molecule has 1 aliphatic rings. The van der Waals surface area contributed by atoms with Crippen molar-refractivity contribution in [3.63, 3.8) is 0 Å². The lowest BCUT2D eigenvalue weighted by molar-refractivity contribution is 0.283. The zero-order valence-electron chi connectivity index (χ0n) is 10.5. The molecule has 0 radical (unpaired) electrons. The van der Waals surface area contributed by atoms with Crippen molar-refractivity contribution in [2.45, 2.75) is 31.8 Å². The van der Waals surface area contributed by atoms with Crippen LogP contribution in [-0.2, 0) is 6.54 Å². The lowest BCUT2D eigenvalue weighted by Crippen LogP contribution is -2.42. The second-order valence-corrected chi connectivity index (χ2v) is 4.66. The molecule has 0 aromatic heterocycles. The van der Waals surface area contributed by atoms with Gasteiger partial charge in [-0.2, -0.15) is 0 Å². The van der Waals surface area contributed by atoms with Crippen LogP contribution >= 0.6 is 0 Å². The Balaban J connectivity index is 2.21. The van der Waals surface area contributed by atoms with Crippen LogP contribution in [0, 0.1) is 0 Å². The topological polar surface area (TPSA) is 35.5 Å². The molecule has 3 heteroatoms. The molecular weight excluding hydrogens is 212 g/mol. The summed E-state index contributed by atoms with van der Waals surface area (Å²) in [6.07, 6.45) is 3.84. The molecule has 2 rings (SSSR count). The molecule has 0 aliphatic heterocycles. The molecule has 0 heterocycles. The van der Waals surface area contributed by atoms with Crippen LogP contribution in [0.3, 0.4) is 0 Å². The third-order valence-electron chi connectivity index (χ3n) is 3.52. The monoisotopic (exact) mass is 234 g/mol. The van der Waals surface area contributed by atoms with E-state index in [-0.39, 0.29) is 6.61 Å². The molecular formula is C14H22N2O. The fourth-order valence-corrected chi connectivity index (χ4v) is 2.44. The normalized spacial score (nSPS) is 15.6. The van der Waals surface area contributed by atoms with Crippen molar-refractivity contribution in [3.8, 4) is 0 Å². The second kappa shape index (κ2) is 6.03. The summed E-state index contributed by atoms with van der Waals surface area (Å²) in [5, 5.41) is 12.4. The summed E-state index contributed by atoms with van der Waals surface area (Å²) >= 11 is 0. The van der Waals surface area contributed by atoms with Crippen LogP contribution in [0.2, 0.25) is 0 Å². The largest absolute Gasteiger partial charge is 0.395 e. The van der Waals surface area contributed by atoms with Crippen molar-refractivity contribution in [1.29, 1.82) is 0 Å². The van der Waals surface area contributed by atoms with Gasteiger partial charge < -0.3 is 15.3 Å². The van der Waals surface area contributed by atoms with Gasteiger partial charge in [-0.1, -0.05) is 18.2 Å². The maximum atomic E-state index is 9.23. The van der Waals surface area contributed by atoms with E-state index in [1.807, 2.05) is 7.05 Å². The molecule has 0 spiro atoms. The van der Waals surface area contributed by atoms with Crippen LogP contribution in [0.5, 0.6) is 0 Å². The van der Waals surface area contributed by atoms with Crippen LogP contribution in [0.4, 0.5) is 5.69 Å². The second-order valence-electron chi connectivity index (χ2n) is 4.66. The van der Waals surface area contributed by atoms with E-state index in [1.165, 1.54) is 30.5 Å². The number of para-hydroxylation sites is 1. The Hall–Kier alpha value is -1.06. The quantitative estimate of drug-likeness (QED) is 0.787. The Morgan fingerprint density at radius 3 is 2.71 bits per heavy atom. The van der Waals surface area contributed by atoms with E-state index in [0.717, 1.165) is 13.1 Å². The van der Waals surface area contributed by atoms with Crippen molar-refractivity contribution in [1.82, 2.24) is 5.32 Å². The molecule has 2 N–H and O–H groups in total. The summed E-state index contributed by atoms with van der Waals surface area (Å²) < 4.78 is 0. The molecule has 0 saturated heterocycles. The van der Waals surface area contributed by atoms with Gasteiger partial charge in [-0.05, 0) is 37.9 Å². The minimum absolute atomic E-state index is 0.227. The lowest BCUT2D eigenvalue weighted by atomic mass is 9.90. The molecule has 1 aromatic carbocycles. The summed E-state index contributed by atoms with van der Waals surface area (Å²) in [6, 6.07) is 9.11. The highest BCUT2D eigenvalue weighted by Gasteiger charge is 2.25. The molecule has 0 atom stereocenters. The zero-order valence-corrected chi connectivity index (χ0v) is 10.5. The highest BCUT2D eigenvalue weighted by atomic mass is 16.3. The van der Waals surface area contributed by atoms with E-state index in [0.29, 0.717) is 6.04 Å². The van der Waals surface area contributed by atoms with Crippen LogP contribution in [-0.4, -0.2) is 31.3 Å². The first-order chi connectivity index (χ1) is 8.36. The standard InChI is InChI=1S/C14H22N2O/c1-15-11-12-5-2-3-8-14(12)16(9-10-17)13-6-4-7-13/h2-3,5,8,13,15,17H,4,6-7,9-11H2,1H3. The van der Waals surface area contributed by atoms with E-state index in [2.05, 4.69) is 34.5 Å². The van der Waals surface area contributed by atoms with Crippen molar-refractivity contribution in [2.75, 3.05) is 25.1 Å². The number of benzene rings is 1. The zero-order chi connectivity index (χ0) is 12.1. The highest BCUT2D eigenvalue weighted by molar-refractivity contribution is 5.54. The molecule has 1 fully saturated rings. The van der Waals surface area contributed by atoms with Gasteiger partial charge in [0.15, 0.2) is 0 Å². The van der Waals surface area contributed by atoms with Crippen LogP contribution in [0.1, 0.15) is 24.8 Å². The van der Waals surface area contributed by atoms with E-state index in [4.69, 9.17) is 0 Å². The minimum atomic E-state index is 0.227. The minimum Gasteiger partial charge on any atom is -0.395 e. The fraction of sp³-hybridized carbons (Fsp3) is 0.571. The maximum Gasteiger partial charge on any atom is 0.0606 e. The number of aliphatic hydroxyl groups excluding tert-OH is 1. The predicted molar refractivity (Wildman–Crippen MR) is 71.3 cm³/mol. The van der Waals surface area contributed by atoms with Crippen molar-refractivity contribution in [3.05, 3.63) is 29.8 Å². The van der Waals surface area contributed by atoms with E-state index in [1.54, 1.807) is 0 Å². The Kier molecular flexibility index (Phi) is 4.40. The summed E-state index contributed by atoms with van der Waals surface area (Å²) in [5.74, 6) is 0. The number of rotatable bonds is 6. The summed E-state index contributed by atoms with van der Waals surface area (Å²) in [7, 11) is 1.97. The van der Waals surface area contributed by atoms with Gasteiger partial charge in [0, 0.05) is 24.8 Å². The average molecular weight is 234 g/mol. The Morgan fingerprint density at radius 1 is 1.35 bits per heavy atom. The molecule has 1 aliphatic carbocycles. The highest BCUT2D eigenvalue weighted by Crippen LogP contribution is 2.31. The first-order valence-corrected chi connectivity index (χ1v) is 6.47. The number of hydrogen-bond acceptors (Lipinski definition) is 3. The smallest absolute Gasteiger partial charge is 0.0606 e. The maximum absolute atomic E-state index is 9.23. The third kappa shape index (κ3) is 2.79. The van der Waals surface area contributed by atoms with Crippen LogP contribution in [0.25, 0.3) is 0 Å². The molecule has 17 heavy (non-hydrogen) atoms. The number of hydrogen-bond donors (Lipinski definition) is 2. The summed E-state index contributed by atoms with van der Waals surface area (Å²) in [6.45, 7) is 1.85. The number of aliphatic hydroxyl groups is 1. The van der Waals surface area contributed by atoms with Gasteiger partial charge in [0.1, 0.15) is 0 Å². The lowest BCUT2D eigenvalue weighted by Gasteiger charge is -2.40. The van der Waals surface area contributed by atoms with Crippen LogP contribution < -0.4 is 10.2 Å². The molecule has 1 aromatic rings. The van der Waals surface area contributed by atoms with Gasteiger partial charge in [0.05, 0.1) is 6.61 Å². The Labute approximate surface area is 103 Å². The van der Waals surface area contributed by atoms with E-state index in [9.17, 15) is 5.11 Å². The van der Waals surface area contributed by atoms with Crippen molar-refractivity contribution >= 4 is 5.69 Å². The van der Waals surface area contributed by atoms with Gasteiger partial charge in [-0.3, -0.25) is 0 Å². The van der Waals surface area contributed by atoms with Gasteiger partial charge in [0.25, 0.3) is 0 Å². The average Bonchev–Trinajstić information content (AvgIpc) is 2.27. The first-order valence-electron chi connectivity index (χ1n) is 6.47. The molecule has 0 bridgehead atoms. The van der Waals surface area contributed by atoms with Gasteiger partial charge in [-0.25, -0.2) is 0 Å². The third-order valence-corrected chi connectivity index (χ3v) is 3.52. The molecule has 0 unspecified atom stereocenters. The van der Waals surface area contributed by atoms with Crippen molar-refractivity contribution in [2.24, 2.45) is 0 Å². The predicted octanol–water partition coefficient (Wildman–Crippen LogP) is 1.76. The van der Waals surface area contributed by atoms with Crippen molar-refractivity contribution < 1.29 is 5.11 Å². The molecule has 1 saturated carbocycles. The van der Waals surface area contributed by atoms with Gasteiger partial charge >= 0.3 is 0 Å². The Morgan fingerprint density at radius 2 is 2.12 bits per heavy atom. The van der Waals surface area contributed by atoms with E-state index >= 15 is 0 Å².